The molecule has 1 saturated heterocycles. The number of aliphatic hydroxyl groups is 3. The van der Waals surface area contributed by atoms with Crippen molar-refractivity contribution in [2.24, 2.45) is 0 Å². The van der Waals surface area contributed by atoms with Crippen LogP contribution in [-0.2, 0) is 4.74 Å². The van der Waals surface area contributed by atoms with Crippen LogP contribution in [0.5, 0.6) is 0 Å². The summed E-state index contributed by atoms with van der Waals surface area (Å²) in [6, 6.07) is 0. The Hall–Kier alpha value is -2.14. The molecule has 2 aromatic rings. The molecule has 3 rings (SSSR count). The molecule has 10 heteroatoms. The Morgan fingerprint density at radius 3 is 2.70 bits per heavy atom. The van der Waals surface area contributed by atoms with Crippen LogP contribution in [-0.4, -0.2) is 54.8 Å². The number of aromatic nitrogens is 3. The van der Waals surface area contributed by atoms with E-state index in [2.05, 4.69) is 9.97 Å². The van der Waals surface area contributed by atoms with Crippen molar-refractivity contribution in [3.05, 3.63) is 38.4 Å². The van der Waals surface area contributed by atoms with Gasteiger partial charge in [-0.15, -0.1) is 0 Å². The van der Waals surface area contributed by atoms with Crippen LogP contribution in [0.25, 0.3) is 11.0 Å². The third-order valence-electron chi connectivity index (χ3n) is 3.89. The quantitative estimate of drug-likeness (QED) is 0.475. The Kier molecular flexibility index (Phi) is 3.76. The molecule has 3 heterocycles. The number of nitrogens with zero attached hydrogens (tertiary/aromatic N) is 2. The lowest BCUT2D eigenvalue weighted by Gasteiger charge is -2.17. The number of nitrogens with one attached hydrogen (secondary N) is 1. The lowest BCUT2D eigenvalue weighted by atomic mass is 10.1. The summed E-state index contributed by atoms with van der Waals surface area (Å²) in [5.74, 6) is -0.889. The Balaban J connectivity index is 2.18. The van der Waals surface area contributed by atoms with Gasteiger partial charge in [-0.3, -0.25) is 9.36 Å². The van der Waals surface area contributed by atoms with Gasteiger partial charge >= 0.3 is 5.69 Å². The van der Waals surface area contributed by atoms with Crippen LogP contribution in [0.4, 0.5) is 4.39 Å². The van der Waals surface area contributed by atoms with Crippen LogP contribution in [0.1, 0.15) is 11.8 Å². The maximum atomic E-state index is 13.5. The molecule has 4 atom stereocenters. The number of pyridine rings is 1. The maximum Gasteiger partial charge on any atom is 0.351 e. The molecular weight excluding hydrogens is 313 g/mol. The van der Waals surface area contributed by atoms with Gasteiger partial charge in [0, 0.05) is 6.20 Å². The number of halogens is 1. The Bertz CT molecular complexity index is 878. The van der Waals surface area contributed by atoms with E-state index in [1.165, 1.54) is 6.92 Å². The first-order chi connectivity index (χ1) is 10.8. The second-order valence-corrected chi connectivity index (χ2v) is 5.31. The number of hydrogen-bond donors (Lipinski definition) is 4. The molecule has 1 fully saturated rings. The standard InChI is InChI=1S/C13H14FN3O6/c1-4-7(19)5-2-17(13(22)16-11(5)15-10(4)14)12-9(21)8(20)6(3-18)23-12/h2,6,8-9,12,18,20-21H,3H2,1H3,(H,15,16,22). The minimum absolute atomic E-state index is 0.0683. The van der Waals surface area contributed by atoms with Gasteiger partial charge in [-0.25, -0.2) is 4.79 Å². The lowest BCUT2D eigenvalue weighted by molar-refractivity contribution is -0.0547. The Morgan fingerprint density at radius 2 is 2.09 bits per heavy atom. The monoisotopic (exact) mass is 327 g/mol. The van der Waals surface area contributed by atoms with E-state index in [1.807, 2.05) is 0 Å². The molecule has 0 spiro atoms. The van der Waals surface area contributed by atoms with E-state index in [9.17, 15) is 24.2 Å². The molecule has 0 amide bonds. The fraction of sp³-hybridized carbons (Fsp3) is 0.462. The molecule has 9 nitrogen and oxygen atoms in total. The predicted molar refractivity (Wildman–Crippen MR) is 74.3 cm³/mol. The molecule has 124 valence electrons. The minimum atomic E-state index is -1.50. The van der Waals surface area contributed by atoms with E-state index in [1.54, 1.807) is 0 Å². The van der Waals surface area contributed by atoms with E-state index in [-0.39, 0.29) is 16.6 Å². The Labute approximate surface area is 127 Å². The van der Waals surface area contributed by atoms with Gasteiger partial charge < -0.3 is 25.0 Å². The van der Waals surface area contributed by atoms with Crippen LogP contribution in [0.15, 0.2) is 15.8 Å². The fourth-order valence-corrected chi connectivity index (χ4v) is 2.52. The molecular formula is C13H14FN3O6. The molecule has 2 aromatic heterocycles. The third kappa shape index (κ3) is 2.36. The minimum Gasteiger partial charge on any atom is -0.394 e. The first-order valence-electron chi connectivity index (χ1n) is 6.79. The van der Waals surface area contributed by atoms with Crippen LogP contribution in [0.3, 0.4) is 0 Å². The van der Waals surface area contributed by atoms with E-state index in [0.717, 1.165) is 10.8 Å². The predicted octanol–water partition coefficient (Wildman–Crippen LogP) is -1.86. The van der Waals surface area contributed by atoms with Gasteiger partial charge in [0.25, 0.3) is 0 Å². The number of aliphatic hydroxyl groups excluding tert-OH is 3. The summed E-state index contributed by atoms with van der Waals surface area (Å²) in [4.78, 5) is 29.9. The van der Waals surface area contributed by atoms with Gasteiger partial charge in [-0.05, 0) is 6.92 Å². The SMILES string of the molecule is Cc1c(F)[nH]c2nc(=O)n(C3OC(CO)C(O)C3O)cc2c1=O. The highest BCUT2D eigenvalue weighted by Gasteiger charge is 2.43. The summed E-state index contributed by atoms with van der Waals surface area (Å²) in [6.07, 6.45) is -4.22. The zero-order valence-electron chi connectivity index (χ0n) is 11.9. The van der Waals surface area contributed by atoms with Gasteiger partial charge in [0.1, 0.15) is 18.3 Å². The molecule has 23 heavy (non-hydrogen) atoms. The summed E-state index contributed by atoms with van der Waals surface area (Å²) in [6.45, 7) is 0.713. The number of H-pyrrole nitrogens is 1. The van der Waals surface area contributed by atoms with Crippen LogP contribution >= 0.6 is 0 Å². The van der Waals surface area contributed by atoms with Crippen molar-refractivity contribution in [2.45, 2.75) is 31.5 Å². The number of rotatable bonds is 2. The molecule has 4 N–H and O–H groups in total. The molecule has 4 unspecified atom stereocenters. The van der Waals surface area contributed by atoms with Crippen molar-refractivity contribution < 1.29 is 24.4 Å². The smallest absolute Gasteiger partial charge is 0.351 e. The highest BCUT2D eigenvalue weighted by molar-refractivity contribution is 5.73. The molecule has 0 aliphatic carbocycles. The zero-order valence-corrected chi connectivity index (χ0v) is 11.9. The van der Waals surface area contributed by atoms with E-state index in [4.69, 9.17) is 9.84 Å². The van der Waals surface area contributed by atoms with Crippen molar-refractivity contribution in [3.63, 3.8) is 0 Å². The summed E-state index contributed by atoms with van der Waals surface area (Å²) < 4.78 is 19.6. The third-order valence-corrected chi connectivity index (χ3v) is 3.89. The molecule has 1 aliphatic heterocycles. The van der Waals surface area contributed by atoms with Gasteiger partial charge in [-0.2, -0.15) is 9.37 Å². The summed E-state index contributed by atoms with van der Waals surface area (Å²) in [5, 5.41) is 28.7. The largest absolute Gasteiger partial charge is 0.394 e. The zero-order chi connectivity index (χ0) is 16.9. The van der Waals surface area contributed by atoms with Crippen molar-refractivity contribution in [2.75, 3.05) is 6.61 Å². The molecule has 1 aliphatic rings. The highest BCUT2D eigenvalue weighted by Crippen LogP contribution is 2.28. The number of fused-ring (bicyclic) bond motifs is 1. The average molecular weight is 327 g/mol. The number of hydrogen-bond acceptors (Lipinski definition) is 7. The van der Waals surface area contributed by atoms with Gasteiger partial charge in [0.05, 0.1) is 17.6 Å². The van der Waals surface area contributed by atoms with Gasteiger partial charge in [0.15, 0.2) is 23.3 Å². The van der Waals surface area contributed by atoms with E-state index in [0.29, 0.717) is 0 Å². The van der Waals surface area contributed by atoms with Crippen molar-refractivity contribution in [3.8, 4) is 0 Å². The molecule has 0 saturated carbocycles. The summed E-state index contributed by atoms with van der Waals surface area (Å²) >= 11 is 0. The molecule has 0 bridgehead atoms. The van der Waals surface area contributed by atoms with Crippen LogP contribution in [0, 0.1) is 12.9 Å². The van der Waals surface area contributed by atoms with Crippen molar-refractivity contribution in [1.82, 2.24) is 14.5 Å². The highest BCUT2D eigenvalue weighted by atomic mass is 19.1. The number of aromatic amines is 1. The van der Waals surface area contributed by atoms with Crippen LogP contribution in [0.2, 0.25) is 0 Å². The lowest BCUT2D eigenvalue weighted by Crippen LogP contribution is -2.36. The summed E-state index contributed by atoms with van der Waals surface area (Å²) in [5.41, 5.74) is -1.98. The number of ether oxygens (including phenoxy) is 1. The van der Waals surface area contributed by atoms with E-state index >= 15 is 0 Å². The summed E-state index contributed by atoms with van der Waals surface area (Å²) in [7, 11) is 0. The topological polar surface area (TPSA) is 138 Å². The normalized spacial score (nSPS) is 27.7. The molecule has 0 aromatic carbocycles. The van der Waals surface area contributed by atoms with Crippen molar-refractivity contribution >= 4 is 11.0 Å². The first kappa shape index (κ1) is 15.7. The van der Waals surface area contributed by atoms with Gasteiger partial charge in [0.2, 0.25) is 0 Å². The molecule has 0 radical (unpaired) electrons. The van der Waals surface area contributed by atoms with E-state index < -0.39 is 48.2 Å². The first-order valence-corrected chi connectivity index (χ1v) is 6.79. The van der Waals surface area contributed by atoms with Crippen molar-refractivity contribution in [1.29, 1.82) is 0 Å². The second-order valence-electron chi connectivity index (χ2n) is 5.31. The second kappa shape index (κ2) is 5.49. The average Bonchev–Trinajstić information content (AvgIpc) is 2.80. The van der Waals surface area contributed by atoms with Crippen LogP contribution < -0.4 is 11.1 Å². The van der Waals surface area contributed by atoms with Gasteiger partial charge in [-0.1, -0.05) is 0 Å². The Morgan fingerprint density at radius 1 is 1.39 bits per heavy atom. The fourth-order valence-electron chi connectivity index (χ4n) is 2.52. The maximum absolute atomic E-state index is 13.5.